The highest BCUT2D eigenvalue weighted by Crippen LogP contribution is 2.34. The molecule has 30 heavy (non-hydrogen) atoms. The fourth-order valence-electron chi connectivity index (χ4n) is 2.81. The smallest absolute Gasteiger partial charge is 0.276 e. The largest absolute Gasteiger partial charge is 0.352 e. The van der Waals surface area contributed by atoms with Gasteiger partial charge in [-0.15, -0.1) is 0 Å². The lowest BCUT2D eigenvalue weighted by Crippen LogP contribution is -2.32. The van der Waals surface area contributed by atoms with E-state index in [4.69, 9.17) is 23.2 Å². The Hall–Kier alpha value is -1.94. The summed E-state index contributed by atoms with van der Waals surface area (Å²) in [6, 6.07) is 8.02. The maximum atomic E-state index is 13.4. The molecule has 2 heterocycles. The number of pyridine rings is 1. The van der Waals surface area contributed by atoms with Gasteiger partial charge in [0, 0.05) is 35.4 Å². The maximum Gasteiger partial charge on any atom is 0.276 e. The van der Waals surface area contributed by atoms with Crippen LogP contribution >= 0.6 is 55.1 Å². The normalized spacial score (nSPS) is 10.7. The van der Waals surface area contributed by atoms with Crippen LogP contribution in [0.3, 0.4) is 0 Å². The molecular weight excluding hydrogens is 561 g/mol. The number of nitrogens with zero attached hydrogens (tertiary/aromatic N) is 4. The van der Waals surface area contributed by atoms with Crippen molar-refractivity contribution in [3.05, 3.63) is 66.9 Å². The molecule has 7 nitrogen and oxygen atoms in total. The van der Waals surface area contributed by atoms with Crippen LogP contribution < -0.4 is 10.2 Å². The van der Waals surface area contributed by atoms with Crippen molar-refractivity contribution in [1.82, 2.24) is 20.1 Å². The molecule has 0 saturated heterocycles. The van der Waals surface area contributed by atoms with Crippen LogP contribution in [0.1, 0.15) is 27.8 Å². The number of halogens is 4. The van der Waals surface area contributed by atoms with Crippen LogP contribution in [-0.2, 0) is 0 Å². The summed E-state index contributed by atoms with van der Waals surface area (Å²) in [5, 5.41) is 7.71. The van der Waals surface area contributed by atoms with Gasteiger partial charge in [-0.25, -0.2) is 9.67 Å². The molecule has 0 atom stereocenters. The fourth-order valence-corrected chi connectivity index (χ4v) is 4.46. The van der Waals surface area contributed by atoms with Crippen LogP contribution in [0.25, 0.3) is 5.82 Å². The average Bonchev–Trinajstić information content (AvgIpc) is 3.08. The fraction of sp³-hybridized carbons (Fsp3) is 0.158. The molecule has 0 spiro atoms. The van der Waals surface area contributed by atoms with Gasteiger partial charge >= 0.3 is 0 Å². The Balaban J connectivity index is 2.11. The molecule has 2 amide bonds. The lowest BCUT2D eigenvalue weighted by atomic mass is 10.1. The molecule has 0 aliphatic carbocycles. The first-order valence-corrected chi connectivity index (χ1v) is 11.0. The number of carbonyl (C=O) groups is 2. The number of benzene rings is 1. The monoisotopic (exact) mass is 573 g/mol. The minimum atomic E-state index is -0.427. The second-order valence-electron chi connectivity index (χ2n) is 6.08. The molecular formula is C19H15Br2Cl2N5O2. The highest BCUT2D eigenvalue weighted by molar-refractivity contribution is 9.10. The minimum absolute atomic E-state index is 0.202. The molecule has 0 unspecified atom stereocenters. The molecule has 1 N–H and O–H groups in total. The molecule has 0 radical (unpaired) electrons. The predicted molar refractivity (Wildman–Crippen MR) is 124 cm³/mol. The zero-order chi connectivity index (χ0) is 22.0. The van der Waals surface area contributed by atoms with Gasteiger partial charge in [-0.1, -0.05) is 23.2 Å². The van der Waals surface area contributed by atoms with E-state index in [0.29, 0.717) is 37.2 Å². The third-order valence-electron chi connectivity index (χ3n) is 4.09. The van der Waals surface area contributed by atoms with Gasteiger partial charge in [0.15, 0.2) is 5.82 Å². The van der Waals surface area contributed by atoms with E-state index < -0.39 is 5.91 Å². The SMILES string of the molecule is CCNC(=O)c1cc(Cl)cc(Br)c1N(C)C(=O)c1cc(Br)nn1-c1ncccc1Cl. The van der Waals surface area contributed by atoms with Crippen LogP contribution in [0.2, 0.25) is 10.0 Å². The number of hydrogen-bond donors (Lipinski definition) is 1. The lowest BCUT2D eigenvalue weighted by molar-refractivity contribution is 0.0956. The Morgan fingerprint density at radius 2 is 1.97 bits per heavy atom. The van der Waals surface area contributed by atoms with Gasteiger partial charge in [0.1, 0.15) is 10.3 Å². The number of rotatable bonds is 5. The molecule has 2 aromatic heterocycles. The molecule has 0 fully saturated rings. The summed E-state index contributed by atoms with van der Waals surface area (Å²) in [7, 11) is 1.56. The highest BCUT2D eigenvalue weighted by atomic mass is 79.9. The number of amides is 2. The van der Waals surface area contributed by atoms with E-state index in [1.807, 2.05) is 0 Å². The van der Waals surface area contributed by atoms with Crippen LogP contribution in [0.5, 0.6) is 0 Å². The van der Waals surface area contributed by atoms with Crippen LogP contribution in [0.4, 0.5) is 5.69 Å². The van der Waals surface area contributed by atoms with Crippen molar-refractivity contribution in [1.29, 1.82) is 0 Å². The Morgan fingerprint density at radius 1 is 1.23 bits per heavy atom. The first-order chi connectivity index (χ1) is 14.2. The first-order valence-electron chi connectivity index (χ1n) is 8.66. The van der Waals surface area contributed by atoms with Crippen molar-refractivity contribution < 1.29 is 9.59 Å². The van der Waals surface area contributed by atoms with Gasteiger partial charge in [0.2, 0.25) is 0 Å². The van der Waals surface area contributed by atoms with Gasteiger partial charge in [-0.3, -0.25) is 9.59 Å². The Morgan fingerprint density at radius 3 is 2.63 bits per heavy atom. The Labute approximate surface area is 199 Å². The van der Waals surface area contributed by atoms with Crippen molar-refractivity contribution in [2.75, 3.05) is 18.5 Å². The highest BCUT2D eigenvalue weighted by Gasteiger charge is 2.27. The van der Waals surface area contributed by atoms with E-state index in [1.54, 1.807) is 44.4 Å². The number of hydrogen-bond acceptors (Lipinski definition) is 4. The average molecular weight is 576 g/mol. The number of carbonyl (C=O) groups excluding carboxylic acids is 2. The second-order valence-corrected chi connectivity index (χ2v) is 8.59. The molecule has 11 heteroatoms. The van der Waals surface area contributed by atoms with Crippen molar-refractivity contribution in [2.45, 2.75) is 6.92 Å². The van der Waals surface area contributed by atoms with Crippen LogP contribution in [0, 0.1) is 0 Å². The van der Waals surface area contributed by atoms with Gasteiger partial charge in [-0.05, 0) is 63.0 Å². The van der Waals surface area contributed by atoms with Gasteiger partial charge in [0.25, 0.3) is 11.8 Å². The maximum absolute atomic E-state index is 13.4. The topological polar surface area (TPSA) is 80.1 Å². The Kier molecular flexibility index (Phi) is 7.18. The summed E-state index contributed by atoms with van der Waals surface area (Å²) >= 11 is 19.1. The van der Waals surface area contributed by atoms with Crippen LogP contribution in [0.15, 0.2) is 45.6 Å². The molecule has 0 bridgehead atoms. The summed E-state index contributed by atoms with van der Waals surface area (Å²) in [6.45, 7) is 2.23. The molecule has 1 aromatic carbocycles. The molecule has 0 saturated carbocycles. The van der Waals surface area contributed by atoms with E-state index in [9.17, 15) is 9.59 Å². The van der Waals surface area contributed by atoms with Gasteiger partial charge in [-0.2, -0.15) is 5.10 Å². The standard InChI is InChI=1S/C19H15Br2Cl2N5O2/c1-3-24-18(29)11-7-10(22)8-12(20)16(11)27(2)19(30)14-9-15(21)26-28(14)17-13(23)5-4-6-25-17/h4-9H,3H2,1-2H3,(H,24,29). The molecule has 3 rings (SSSR count). The summed E-state index contributed by atoms with van der Waals surface area (Å²) in [4.78, 5) is 31.6. The van der Waals surface area contributed by atoms with E-state index >= 15 is 0 Å². The predicted octanol–water partition coefficient (Wildman–Crippen LogP) is 5.13. The van der Waals surface area contributed by atoms with Gasteiger partial charge in [0.05, 0.1) is 16.3 Å². The van der Waals surface area contributed by atoms with Crippen molar-refractivity contribution in [3.8, 4) is 5.82 Å². The zero-order valence-electron chi connectivity index (χ0n) is 15.8. The molecule has 0 aliphatic heterocycles. The summed E-state index contributed by atoms with van der Waals surface area (Å²) in [5.74, 6) is -0.470. The van der Waals surface area contributed by atoms with Crippen molar-refractivity contribution >= 4 is 72.6 Å². The molecule has 0 aliphatic rings. The van der Waals surface area contributed by atoms with E-state index in [-0.39, 0.29) is 17.2 Å². The summed E-state index contributed by atoms with van der Waals surface area (Å²) in [5.41, 5.74) is 0.827. The third-order valence-corrected chi connectivity index (χ3v) is 5.59. The molecule has 156 valence electrons. The Bertz CT molecular complexity index is 1140. The minimum Gasteiger partial charge on any atom is -0.352 e. The van der Waals surface area contributed by atoms with Gasteiger partial charge < -0.3 is 10.2 Å². The quantitative estimate of drug-likeness (QED) is 0.458. The molecule has 3 aromatic rings. The van der Waals surface area contributed by atoms with Crippen molar-refractivity contribution in [3.63, 3.8) is 0 Å². The second kappa shape index (κ2) is 9.47. The zero-order valence-corrected chi connectivity index (χ0v) is 20.5. The summed E-state index contributed by atoms with van der Waals surface area (Å²) in [6.07, 6.45) is 1.55. The first kappa shape index (κ1) is 22.7. The van der Waals surface area contributed by atoms with E-state index in [1.165, 1.54) is 15.6 Å². The number of aromatic nitrogens is 3. The third kappa shape index (κ3) is 4.54. The van der Waals surface area contributed by atoms with E-state index in [0.717, 1.165) is 0 Å². The van der Waals surface area contributed by atoms with Crippen LogP contribution in [-0.4, -0.2) is 40.2 Å². The van der Waals surface area contributed by atoms with E-state index in [2.05, 4.69) is 47.3 Å². The lowest BCUT2D eigenvalue weighted by Gasteiger charge is -2.22. The number of nitrogens with one attached hydrogen (secondary N) is 1. The summed E-state index contributed by atoms with van der Waals surface area (Å²) < 4.78 is 2.27. The van der Waals surface area contributed by atoms with Crippen molar-refractivity contribution in [2.24, 2.45) is 0 Å². The number of anilines is 1.